The maximum absolute atomic E-state index is 12.9. The molecule has 0 spiro atoms. The zero-order valence-corrected chi connectivity index (χ0v) is 18.4. The molecule has 2 atom stereocenters. The average Bonchev–Trinajstić information content (AvgIpc) is 3.03. The van der Waals surface area contributed by atoms with Crippen LogP contribution in [-0.2, 0) is 9.59 Å². The Labute approximate surface area is 175 Å². The van der Waals surface area contributed by atoms with Crippen molar-refractivity contribution in [2.75, 3.05) is 5.32 Å². The quantitative estimate of drug-likeness (QED) is 0.624. The van der Waals surface area contributed by atoms with Crippen molar-refractivity contribution in [3.8, 4) is 11.3 Å². The number of carbonyl (C=O) groups is 2. The molecule has 1 heterocycles. The first-order chi connectivity index (χ1) is 13.7. The third-order valence-corrected chi connectivity index (χ3v) is 6.68. The molecule has 0 radical (unpaired) electrons. The van der Waals surface area contributed by atoms with Crippen molar-refractivity contribution in [3.05, 3.63) is 45.9 Å². The zero-order chi connectivity index (χ0) is 21.3. The van der Waals surface area contributed by atoms with Crippen LogP contribution in [0.4, 0.5) is 5.13 Å². The highest BCUT2D eigenvalue weighted by Crippen LogP contribution is 2.36. The lowest BCUT2D eigenvalue weighted by Gasteiger charge is -2.29. The molecule has 1 amide bonds. The van der Waals surface area contributed by atoms with Crippen LogP contribution in [-0.4, -0.2) is 22.0 Å². The first-order valence-corrected chi connectivity index (χ1v) is 10.8. The predicted octanol–water partition coefficient (Wildman–Crippen LogP) is 5.63. The summed E-state index contributed by atoms with van der Waals surface area (Å²) in [6.45, 7) is 10.2. The summed E-state index contributed by atoms with van der Waals surface area (Å²) in [6, 6.07) is 8.32. The van der Waals surface area contributed by atoms with Gasteiger partial charge in [0.05, 0.1) is 17.5 Å². The van der Waals surface area contributed by atoms with Crippen molar-refractivity contribution in [3.63, 3.8) is 0 Å². The summed E-state index contributed by atoms with van der Waals surface area (Å²) in [4.78, 5) is 30.2. The number of aliphatic carboxylic acids is 1. The lowest BCUT2D eigenvalue weighted by Crippen LogP contribution is -2.36. The highest BCUT2D eigenvalue weighted by atomic mass is 32.1. The second-order valence-corrected chi connectivity index (χ2v) is 9.41. The lowest BCUT2D eigenvalue weighted by atomic mass is 9.76. The van der Waals surface area contributed by atoms with Crippen LogP contribution in [0.1, 0.15) is 56.9 Å². The van der Waals surface area contributed by atoms with Crippen molar-refractivity contribution < 1.29 is 14.7 Å². The summed E-state index contributed by atoms with van der Waals surface area (Å²) >= 11 is 1.42. The van der Waals surface area contributed by atoms with Crippen LogP contribution in [0.25, 0.3) is 11.3 Å². The minimum atomic E-state index is -0.918. The number of nitrogens with one attached hydrogen (secondary N) is 1. The van der Waals surface area contributed by atoms with E-state index in [1.54, 1.807) is 0 Å². The van der Waals surface area contributed by atoms with Gasteiger partial charge in [0.2, 0.25) is 5.91 Å². The molecule has 1 aromatic heterocycles. The maximum atomic E-state index is 12.9. The summed E-state index contributed by atoms with van der Waals surface area (Å²) in [5, 5.41) is 13.0. The smallest absolute Gasteiger partial charge is 0.307 e. The first kappa shape index (κ1) is 21.2. The average molecular weight is 413 g/mol. The number of carboxylic acids is 1. The van der Waals surface area contributed by atoms with Crippen molar-refractivity contribution in [1.82, 2.24) is 4.98 Å². The van der Waals surface area contributed by atoms with Crippen LogP contribution >= 0.6 is 11.3 Å². The molecule has 0 saturated carbocycles. The number of hydrogen-bond acceptors (Lipinski definition) is 4. The maximum Gasteiger partial charge on any atom is 0.307 e. The molecule has 5 nitrogen and oxygen atoms in total. The fourth-order valence-corrected chi connectivity index (χ4v) is 4.61. The summed E-state index contributed by atoms with van der Waals surface area (Å²) < 4.78 is 0. The molecule has 0 bridgehead atoms. The van der Waals surface area contributed by atoms with E-state index in [-0.39, 0.29) is 5.91 Å². The van der Waals surface area contributed by atoms with E-state index in [1.807, 2.05) is 20.8 Å². The van der Waals surface area contributed by atoms with Gasteiger partial charge < -0.3 is 10.4 Å². The largest absolute Gasteiger partial charge is 0.481 e. The number of aromatic nitrogens is 1. The topological polar surface area (TPSA) is 79.3 Å². The molecular weight excluding hydrogens is 384 g/mol. The van der Waals surface area contributed by atoms with Gasteiger partial charge in [-0.3, -0.25) is 9.59 Å². The highest BCUT2D eigenvalue weighted by molar-refractivity contribution is 7.16. The molecular formula is C23H28N2O3S. The number of amides is 1. The monoisotopic (exact) mass is 412 g/mol. The van der Waals surface area contributed by atoms with Gasteiger partial charge in [-0.2, -0.15) is 0 Å². The van der Waals surface area contributed by atoms with E-state index < -0.39 is 17.8 Å². The summed E-state index contributed by atoms with van der Waals surface area (Å²) in [7, 11) is 0. The molecule has 6 heteroatoms. The Bertz CT molecular complexity index is 957. The molecule has 1 aliphatic rings. The molecule has 2 aromatic rings. The Kier molecular flexibility index (Phi) is 6.22. The van der Waals surface area contributed by atoms with Gasteiger partial charge in [0.1, 0.15) is 0 Å². The Morgan fingerprint density at radius 3 is 2.21 bits per heavy atom. The van der Waals surface area contributed by atoms with Gasteiger partial charge in [-0.15, -0.1) is 11.3 Å². The molecule has 1 aliphatic carbocycles. The molecule has 0 unspecified atom stereocenters. The van der Waals surface area contributed by atoms with E-state index >= 15 is 0 Å². The highest BCUT2D eigenvalue weighted by Gasteiger charge is 2.37. The van der Waals surface area contributed by atoms with Crippen molar-refractivity contribution in [2.24, 2.45) is 11.8 Å². The second-order valence-electron chi connectivity index (χ2n) is 8.21. The standard InChI is InChI=1S/C23H28N2O3S/c1-12(2)16-6-8-17(9-7-16)20-15(5)29-23(24-20)25-21(26)18-10-13(3)14(4)11-19(18)22(27)28/h6-9,12,18-19H,10-11H2,1-5H3,(H,27,28)(H,24,25,26)/t18-,19+/m1/s1. The number of rotatable bonds is 5. The number of carbonyl (C=O) groups excluding carboxylic acids is 1. The van der Waals surface area contributed by atoms with Crippen molar-refractivity contribution >= 4 is 28.3 Å². The number of thiazole rings is 1. The summed E-state index contributed by atoms with van der Waals surface area (Å²) in [5.74, 6) is -1.98. The number of nitrogens with zero attached hydrogens (tertiary/aromatic N) is 1. The molecule has 3 rings (SSSR count). The molecule has 1 aromatic carbocycles. The van der Waals surface area contributed by atoms with E-state index in [0.29, 0.717) is 23.9 Å². The molecule has 0 saturated heterocycles. The van der Waals surface area contributed by atoms with Gasteiger partial charge >= 0.3 is 5.97 Å². The second kappa shape index (κ2) is 8.49. The summed E-state index contributed by atoms with van der Waals surface area (Å²) in [5.41, 5.74) is 5.30. The van der Waals surface area contributed by atoms with Crippen LogP contribution in [0.15, 0.2) is 35.4 Å². The SMILES string of the molecule is CC1=C(C)C[C@@H](C(=O)Nc2nc(-c3ccc(C(C)C)cc3)c(C)s2)[C@@H](C(=O)O)C1. The number of allylic oxidation sites excluding steroid dienone is 2. The van der Waals surface area contributed by atoms with E-state index in [2.05, 4.69) is 48.4 Å². The zero-order valence-electron chi connectivity index (χ0n) is 17.6. The van der Waals surface area contributed by atoms with Crippen LogP contribution in [0.5, 0.6) is 0 Å². The van der Waals surface area contributed by atoms with Gasteiger partial charge in [-0.05, 0) is 45.1 Å². The Morgan fingerprint density at radius 2 is 1.66 bits per heavy atom. The van der Waals surface area contributed by atoms with Crippen LogP contribution in [0, 0.1) is 18.8 Å². The number of carboxylic acid groups (broad SMARTS) is 1. The minimum Gasteiger partial charge on any atom is -0.481 e. The lowest BCUT2D eigenvalue weighted by molar-refractivity contribution is -0.146. The molecule has 29 heavy (non-hydrogen) atoms. The fourth-order valence-electron chi connectivity index (χ4n) is 3.77. The predicted molar refractivity (Wildman–Crippen MR) is 117 cm³/mol. The molecule has 154 valence electrons. The fraction of sp³-hybridized carbons (Fsp3) is 0.435. The third kappa shape index (κ3) is 4.58. The van der Waals surface area contributed by atoms with Gasteiger partial charge in [-0.25, -0.2) is 4.98 Å². The molecule has 0 aliphatic heterocycles. The molecule has 0 fully saturated rings. The normalized spacial score (nSPS) is 19.5. The van der Waals surface area contributed by atoms with Crippen molar-refractivity contribution in [2.45, 2.75) is 53.4 Å². The van der Waals surface area contributed by atoms with Crippen LogP contribution in [0.3, 0.4) is 0 Å². The van der Waals surface area contributed by atoms with Gasteiger partial charge in [0, 0.05) is 10.4 Å². The number of benzene rings is 1. The first-order valence-electron chi connectivity index (χ1n) is 9.94. The van der Waals surface area contributed by atoms with Crippen molar-refractivity contribution in [1.29, 1.82) is 0 Å². The molecule has 2 N–H and O–H groups in total. The third-order valence-electron chi connectivity index (χ3n) is 5.80. The van der Waals surface area contributed by atoms with Gasteiger partial charge in [0.15, 0.2) is 5.13 Å². The Hall–Kier alpha value is -2.47. The van der Waals surface area contributed by atoms with Crippen LogP contribution in [0.2, 0.25) is 0 Å². The number of anilines is 1. The number of aryl methyl sites for hydroxylation is 1. The Balaban J connectivity index is 1.79. The van der Waals surface area contributed by atoms with Crippen LogP contribution < -0.4 is 5.32 Å². The van der Waals surface area contributed by atoms with E-state index in [1.165, 1.54) is 16.9 Å². The van der Waals surface area contributed by atoms with E-state index in [9.17, 15) is 14.7 Å². The van der Waals surface area contributed by atoms with E-state index in [0.717, 1.165) is 27.3 Å². The Morgan fingerprint density at radius 1 is 1.07 bits per heavy atom. The summed E-state index contributed by atoms with van der Waals surface area (Å²) in [6.07, 6.45) is 0.895. The van der Waals surface area contributed by atoms with Gasteiger partial charge in [-0.1, -0.05) is 49.3 Å². The van der Waals surface area contributed by atoms with Gasteiger partial charge in [0.25, 0.3) is 0 Å². The van der Waals surface area contributed by atoms with E-state index in [4.69, 9.17) is 0 Å². The number of hydrogen-bond donors (Lipinski definition) is 2. The minimum absolute atomic E-state index is 0.264.